The van der Waals surface area contributed by atoms with Crippen LogP contribution < -0.4 is 5.32 Å². The van der Waals surface area contributed by atoms with Crippen molar-refractivity contribution in [3.05, 3.63) is 0 Å². The molecule has 72 valence electrons. The Kier molecular flexibility index (Phi) is 2.34. The Morgan fingerprint density at radius 1 is 1.23 bits per heavy atom. The summed E-state index contributed by atoms with van der Waals surface area (Å²) in [5.41, 5.74) is 0. The minimum Gasteiger partial charge on any atom is -0.352 e. The molecule has 2 saturated carbocycles. The zero-order chi connectivity index (χ0) is 9.26. The fourth-order valence-electron chi connectivity index (χ4n) is 1.84. The molecule has 0 spiro atoms. The molecule has 13 heavy (non-hydrogen) atoms. The van der Waals surface area contributed by atoms with Gasteiger partial charge in [-0.15, -0.1) is 0 Å². The van der Waals surface area contributed by atoms with Crippen LogP contribution in [0.4, 0.5) is 0 Å². The highest BCUT2D eigenvalue weighted by atomic mass is 16.2. The highest BCUT2D eigenvalue weighted by molar-refractivity contribution is 5.80. The Balaban J connectivity index is 1.77. The molecular formula is C10H15NO2. The normalized spacial score (nSPS) is 32.9. The molecule has 3 nitrogen and oxygen atoms in total. The van der Waals surface area contributed by atoms with Gasteiger partial charge in [-0.1, -0.05) is 6.42 Å². The monoisotopic (exact) mass is 181 g/mol. The van der Waals surface area contributed by atoms with Crippen molar-refractivity contribution in [2.45, 2.75) is 38.1 Å². The second-order valence-corrected chi connectivity index (χ2v) is 4.12. The minimum atomic E-state index is 0.0871. The molecule has 1 N–H and O–H groups in total. The third-order valence-electron chi connectivity index (χ3n) is 3.31. The van der Waals surface area contributed by atoms with E-state index >= 15 is 0 Å². The number of carbonyl (C=O) groups is 2. The molecule has 2 aliphatic rings. The summed E-state index contributed by atoms with van der Waals surface area (Å²) in [7, 11) is 0. The SMILES string of the molecule is O=CC1CCC1NC(=O)C1CCC1. The van der Waals surface area contributed by atoms with Crippen LogP contribution in [0.1, 0.15) is 32.1 Å². The number of rotatable bonds is 3. The maximum absolute atomic E-state index is 11.5. The molecule has 0 aromatic heterocycles. The molecule has 1 amide bonds. The van der Waals surface area contributed by atoms with Crippen LogP contribution in [0.5, 0.6) is 0 Å². The van der Waals surface area contributed by atoms with Crippen LogP contribution in [0.25, 0.3) is 0 Å². The molecule has 0 saturated heterocycles. The van der Waals surface area contributed by atoms with Gasteiger partial charge in [-0.05, 0) is 25.7 Å². The molecule has 0 aromatic carbocycles. The van der Waals surface area contributed by atoms with Gasteiger partial charge in [0.05, 0.1) is 0 Å². The van der Waals surface area contributed by atoms with E-state index in [-0.39, 0.29) is 23.8 Å². The van der Waals surface area contributed by atoms with E-state index in [0.717, 1.165) is 32.0 Å². The largest absolute Gasteiger partial charge is 0.352 e. The number of hydrogen-bond acceptors (Lipinski definition) is 2. The van der Waals surface area contributed by atoms with Crippen LogP contribution in [0.3, 0.4) is 0 Å². The summed E-state index contributed by atoms with van der Waals surface area (Å²) in [6, 6.07) is 0.144. The maximum atomic E-state index is 11.5. The van der Waals surface area contributed by atoms with Gasteiger partial charge in [0.2, 0.25) is 5.91 Å². The lowest BCUT2D eigenvalue weighted by molar-refractivity contribution is -0.129. The van der Waals surface area contributed by atoms with Gasteiger partial charge in [0.1, 0.15) is 6.29 Å². The number of hydrogen-bond donors (Lipinski definition) is 1. The van der Waals surface area contributed by atoms with E-state index in [1.54, 1.807) is 0 Å². The van der Waals surface area contributed by atoms with Gasteiger partial charge in [-0.2, -0.15) is 0 Å². The zero-order valence-electron chi connectivity index (χ0n) is 7.66. The van der Waals surface area contributed by atoms with Crippen molar-refractivity contribution < 1.29 is 9.59 Å². The molecule has 0 aromatic rings. The standard InChI is InChI=1S/C10H15NO2/c12-6-8-4-5-9(8)11-10(13)7-2-1-3-7/h6-9H,1-5H2,(H,11,13). The molecule has 2 fully saturated rings. The molecule has 3 heteroatoms. The van der Waals surface area contributed by atoms with E-state index in [0.29, 0.717) is 0 Å². The van der Waals surface area contributed by atoms with E-state index in [4.69, 9.17) is 0 Å². The van der Waals surface area contributed by atoms with E-state index in [2.05, 4.69) is 5.32 Å². The fourth-order valence-corrected chi connectivity index (χ4v) is 1.84. The third-order valence-corrected chi connectivity index (χ3v) is 3.31. The molecule has 2 atom stereocenters. The minimum absolute atomic E-state index is 0.0871. The smallest absolute Gasteiger partial charge is 0.223 e. The van der Waals surface area contributed by atoms with Crippen LogP contribution >= 0.6 is 0 Å². The summed E-state index contributed by atoms with van der Waals surface area (Å²) < 4.78 is 0. The fraction of sp³-hybridized carbons (Fsp3) is 0.800. The van der Waals surface area contributed by atoms with Gasteiger partial charge in [0.25, 0.3) is 0 Å². The van der Waals surface area contributed by atoms with Gasteiger partial charge >= 0.3 is 0 Å². The first-order valence-corrected chi connectivity index (χ1v) is 5.07. The van der Waals surface area contributed by atoms with Crippen molar-refractivity contribution in [2.75, 3.05) is 0 Å². The summed E-state index contributed by atoms with van der Waals surface area (Å²) >= 11 is 0. The summed E-state index contributed by atoms with van der Waals surface area (Å²) in [6.07, 6.45) is 6.13. The quantitative estimate of drug-likeness (QED) is 0.657. The molecule has 0 heterocycles. The Morgan fingerprint density at radius 3 is 2.38 bits per heavy atom. The van der Waals surface area contributed by atoms with Crippen molar-refractivity contribution in [2.24, 2.45) is 11.8 Å². The lowest BCUT2D eigenvalue weighted by atomic mass is 9.79. The number of amides is 1. The Labute approximate surface area is 77.9 Å². The molecule has 2 unspecified atom stereocenters. The van der Waals surface area contributed by atoms with Gasteiger partial charge in [0.15, 0.2) is 0 Å². The van der Waals surface area contributed by atoms with Crippen molar-refractivity contribution in [3.8, 4) is 0 Å². The van der Waals surface area contributed by atoms with Crippen molar-refractivity contribution >= 4 is 12.2 Å². The highest BCUT2D eigenvalue weighted by Gasteiger charge is 2.34. The topological polar surface area (TPSA) is 46.2 Å². The average molecular weight is 181 g/mol. The van der Waals surface area contributed by atoms with Crippen LogP contribution in [0, 0.1) is 11.8 Å². The summed E-state index contributed by atoms with van der Waals surface area (Å²) in [6.45, 7) is 0. The van der Waals surface area contributed by atoms with Gasteiger partial charge in [0, 0.05) is 17.9 Å². The van der Waals surface area contributed by atoms with Crippen molar-refractivity contribution in [1.82, 2.24) is 5.32 Å². The molecule has 0 bridgehead atoms. The third kappa shape index (κ3) is 1.60. The molecule has 0 radical (unpaired) electrons. The summed E-state index contributed by atoms with van der Waals surface area (Å²) in [5, 5.41) is 2.95. The van der Waals surface area contributed by atoms with Crippen LogP contribution in [-0.2, 0) is 9.59 Å². The molecule has 2 rings (SSSR count). The van der Waals surface area contributed by atoms with Crippen LogP contribution in [-0.4, -0.2) is 18.2 Å². The van der Waals surface area contributed by atoms with Gasteiger partial charge in [-0.3, -0.25) is 4.79 Å². The first-order chi connectivity index (χ1) is 6.31. The first kappa shape index (κ1) is 8.73. The second-order valence-electron chi connectivity index (χ2n) is 4.12. The molecule has 2 aliphatic carbocycles. The zero-order valence-corrected chi connectivity index (χ0v) is 7.66. The lowest BCUT2D eigenvalue weighted by Gasteiger charge is -2.35. The highest BCUT2D eigenvalue weighted by Crippen LogP contribution is 2.29. The predicted octanol–water partition coefficient (Wildman–Crippen LogP) is 0.880. The number of aldehydes is 1. The Hall–Kier alpha value is -0.860. The summed E-state index contributed by atoms with van der Waals surface area (Å²) in [4.78, 5) is 21.9. The van der Waals surface area contributed by atoms with Gasteiger partial charge < -0.3 is 10.1 Å². The lowest BCUT2D eigenvalue weighted by Crippen LogP contribution is -2.50. The number of nitrogens with one attached hydrogen (secondary N) is 1. The van der Waals surface area contributed by atoms with E-state index in [1.165, 1.54) is 6.42 Å². The maximum Gasteiger partial charge on any atom is 0.223 e. The number of carbonyl (C=O) groups excluding carboxylic acids is 2. The van der Waals surface area contributed by atoms with E-state index in [1.807, 2.05) is 0 Å². The van der Waals surface area contributed by atoms with E-state index in [9.17, 15) is 9.59 Å². The van der Waals surface area contributed by atoms with Crippen molar-refractivity contribution in [3.63, 3.8) is 0 Å². The predicted molar refractivity (Wildman–Crippen MR) is 48.1 cm³/mol. The van der Waals surface area contributed by atoms with Crippen molar-refractivity contribution in [1.29, 1.82) is 0 Å². The van der Waals surface area contributed by atoms with E-state index < -0.39 is 0 Å². The Bertz CT molecular complexity index is 223. The van der Waals surface area contributed by atoms with Crippen LogP contribution in [0.2, 0.25) is 0 Å². The second kappa shape index (κ2) is 3.48. The Morgan fingerprint density at radius 2 is 2.00 bits per heavy atom. The van der Waals surface area contributed by atoms with Gasteiger partial charge in [-0.25, -0.2) is 0 Å². The molecule has 0 aliphatic heterocycles. The van der Waals surface area contributed by atoms with Crippen LogP contribution in [0.15, 0.2) is 0 Å². The summed E-state index contributed by atoms with van der Waals surface area (Å²) in [5.74, 6) is 0.500. The molecular weight excluding hydrogens is 166 g/mol. The first-order valence-electron chi connectivity index (χ1n) is 5.07. The average Bonchev–Trinajstić information content (AvgIpc) is 1.96.